The summed E-state index contributed by atoms with van der Waals surface area (Å²) in [6.07, 6.45) is 5.10. The van der Waals surface area contributed by atoms with Gasteiger partial charge in [0.25, 0.3) is 0 Å². The third-order valence-corrected chi connectivity index (χ3v) is 2.50. The molecule has 0 atom stereocenters. The van der Waals surface area contributed by atoms with E-state index in [9.17, 15) is 4.79 Å². The molecule has 0 radical (unpaired) electrons. The number of rotatable bonds is 3. The molecule has 0 saturated heterocycles. The topological polar surface area (TPSA) is 38.1 Å². The lowest BCUT2D eigenvalue weighted by molar-refractivity contribution is -0.123. The minimum Gasteiger partial charge on any atom is -0.345 e. The predicted octanol–water partition coefficient (Wildman–Crippen LogP) is 1.77. The molecule has 15 heavy (non-hydrogen) atoms. The summed E-state index contributed by atoms with van der Waals surface area (Å²) in [6.45, 7) is 2.83. The highest BCUT2D eigenvalue weighted by Gasteiger charge is 2.03. The van der Waals surface area contributed by atoms with Crippen LogP contribution in [0.25, 0.3) is 6.08 Å². The van der Waals surface area contributed by atoms with Gasteiger partial charge in [-0.1, -0.05) is 0 Å². The molecule has 4 nitrogen and oxygen atoms in total. The van der Waals surface area contributed by atoms with Gasteiger partial charge in [0.2, 0.25) is 5.91 Å². The van der Waals surface area contributed by atoms with Crippen molar-refractivity contribution in [3.63, 3.8) is 0 Å². The van der Waals surface area contributed by atoms with Gasteiger partial charge < -0.3 is 4.90 Å². The summed E-state index contributed by atoms with van der Waals surface area (Å²) in [5, 5.41) is 4.27. The number of carbonyl (C=O) groups excluding carboxylic acids is 1. The van der Waals surface area contributed by atoms with Gasteiger partial charge in [-0.25, -0.2) is 0 Å². The van der Waals surface area contributed by atoms with Crippen LogP contribution in [0.3, 0.4) is 0 Å². The Labute approximate surface area is 97.7 Å². The van der Waals surface area contributed by atoms with E-state index in [4.69, 9.17) is 0 Å². The zero-order valence-electron chi connectivity index (χ0n) is 9.07. The van der Waals surface area contributed by atoms with Crippen molar-refractivity contribution in [3.05, 3.63) is 22.4 Å². The fraction of sp³-hybridized carbons (Fsp3) is 0.400. The Bertz CT molecular complexity index is 382. The molecule has 1 rings (SSSR count). The van der Waals surface area contributed by atoms with E-state index in [-0.39, 0.29) is 5.91 Å². The first-order valence-corrected chi connectivity index (χ1v) is 5.46. The molecule has 0 aliphatic carbocycles. The molecule has 1 aromatic rings. The second-order valence-corrected chi connectivity index (χ2v) is 4.14. The number of aromatic nitrogens is 2. The fourth-order valence-electron chi connectivity index (χ4n) is 0.986. The van der Waals surface area contributed by atoms with E-state index in [0.29, 0.717) is 0 Å². The first-order chi connectivity index (χ1) is 7.04. The van der Waals surface area contributed by atoms with Gasteiger partial charge in [-0.15, -0.1) is 0 Å². The first-order valence-electron chi connectivity index (χ1n) is 4.67. The quantitative estimate of drug-likeness (QED) is 0.786. The summed E-state index contributed by atoms with van der Waals surface area (Å²) in [7, 11) is 3.43. The predicted molar refractivity (Wildman–Crippen MR) is 63.3 cm³/mol. The van der Waals surface area contributed by atoms with Crippen LogP contribution in [-0.4, -0.2) is 34.7 Å². The molecule has 0 saturated carbocycles. The molecule has 0 N–H and O–H groups in total. The van der Waals surface area contributed by atoms with E-state index in [2.05, 4.69) is 21.0 Å². The number of likely N-dealkylation sites (N-methyl/N-ethyl adjacent to an activating group) is 1. The molecule has 0 aliphatic rings. The van der Waals surface area contributed by atoms with Crippen molar-refractivity contribution in [3.8, 4) is 0 Å². The molecule has 1 heterocycles. The Kier molecular flexibility index (Phi) is 4.08. The molecular weight excluding hydrogens is 258 g/mol. The highest BCUT2D eigenvalue weighted by atomic mass is 79.9. The third kappa shape index (κ3) is 3.20. The van der Waals surface area contributed by atoms with Crippen molar-refractivity contribution in [2.75, 3.05) is 14.1 Å². The van der Waals surface area contributed by atoms with Crippen molar-refractivity contribution >= 4 is 27.9 Å². The van der Waals surface area contributed by atoms with E-state index in [1.807, 2.05) is 17.8 Å². The average molecular weight is 272 g/mol. The van der Waals surface area contributed by atoms with Crippen molar-refractivity contribution in [2.45, 2.75) is 13.5 Å². The van der Waals surface area contributed by atoms with Crippen LogP contribution in [0.2, 0.25) is 0 Å². The van der Waals surface area contributed by atoms with Crippen LogP contribution in [0, 0.1) is 0 Å². The normalized spacial score (nSPS) is 10.9. The zero-order chi connectivity index (χ0) is 11.4. The minimum atomic E-state index is -0.0482. The van der Waals surface area contributed by atoms with Gasteiger partial charge in [0, 0.05) is 32.9 Å². The molecule has 5 heteroatoms. The third-order valence-electron chi connectivity index (χ3n) is 1.89. The van der Waals surface area contributed by atoms with Crippen molar-refractivity contribution in [1.29, 1.82) is 0 Å². The Morgan fingerprint density at radius 3 is 2.80 bits per heavy atom. The van der Waals surface area contributed by atoms with Gasteiger partial charge in [-0.2, -0.15) is 5.10 Å². The summed E-state index contributed by atoms with van der Waals surface area (Å²) in [5.41, 5.74) is 0.770. The van der Waals surface area contributed by atoms with E-state index in [0.717, 1.165) is 16.7 Å². The Balaban J connectivity index is 2.80. The highest BCUT2D eigenvalue weighted by molar-refractivity contribution is 9.10. The molecule has 82 valence electrons. The zero-order valence-corrected chi connectivity index (χ0v) is 10.7. The number of hydrogen-bond donors (Lipinski definition) is 0. The number of nitrogens with zero attached hydrogens (tertiary/aromatic N) is 3. The number of amides is 1. The highest BCUT2D eigenvalue weighted by Crippen LogP contribution is 2.16. The molecule has 0 fully saturated rings. The molecule has 1 aromatic heterocycles. The van der Waals surface area contributed by atoms with Crippen LogP contribution in [0.15, 0.2) is 16.7 Å². The van der Waals surface area contributed by atoms with Crippen LogP contribution in [0.1, 0.15) is 12.6 Å². The van der Waals surface area contributed by atoms with Gasteiger partial charge in [0.1, 0.15) is 0 Å². The second kappa shape index (κ2) is 5.11. The molecule has 0 bridgehead atoms. The van der Waals surface area contributed by atoms with Gasteiger partial charge in [-0.05, 0) is 28.9 Å². The Morgan fingerprint density at radius 1 is 1.67 bits per heavy atom. The number of halogens is 1. The number of hydrogen-bond acceptors (Lipinski definition) is 2. The fourth-order valence-corrected chi connectivity index (χ4v) is 1.43. The summed E-state index contributed by atoms with van der Waals surface area (Å²) in [6, 6.07) is 0. The molecule has 1 amide bonds. The van der Waals surface area contributed by atoms with E-state index in [1.54, 1.807) is 20.2 Å². The van der Waals surface area contributed by atoms with Crippen molar-refractivity contribution in [1.82, 2.24) is 14.7 Å². The monoisotopic (exact) mass is 271 g/mol. The van der Waals surface area contributed by atoms with Gasteiger partial charge in [0.05, 0.1) is 10.2 Å². The smallest absolute Gasteiger partial charge is 0.246 e. The summed E-state index contributed by atoms with van der Waals surface area (Å²) >= 11 is 3.39. The molecule has 0 spiro atoms. The maximum absolute atomic E-state index is 11.3. The summed E-state index contributed by atoms with van der Waals surface area (Å²) in [5.74, 6) is -0.0482. The van der Waals surface area contributed by atoms with E-state index >= 15 is 0 Å². The summed E-state index contributed by atoms with van der Waals surface area (Å²) in [4.78, 5) is 12.8. The largest absolute Gasteiger partial charge is 0.345 e. The second-order valence-electron chi connectivity index (χ2n) is 3.28. The standard InChI is InChI=1S/C10H14BrN3O/c1-4-14-7-8(11)9(12-14)5-6-10(15)13(2)3/h5-7H,4H2,1-3H3. The van der Waals surface area contributed by atoms with Gasteiger partial charge >= 0.3 is 0 Å². The summed E-state index contributed by atoms with van der Waals surface area (Å²) < 4.78 is 2.70. The number of carbonyl (C=O) groups is 1. The molecule has 0 unspecified atom stereocenters. The van der Waals surface area contributed by atoms with E-state index in [1.165, 1.54) is 11.0 Å². The maximum Gasteiger partial charge on any atom is 0.246 e. The van der Waals surface area contributed by atoms with Crippen LogP contribution in [-0.2, 0) is 11.3 Å². The average Bonchev–Trinajstić information content (AvgIpc) is 2.55. The van der Waals surface area contributed by atoms with Crippen LogP contribution >= 0.6 is 15.9 Å². The molecular formula is C10H14BrN3O. The van der Waals surface area contributed by atoms with Crippen molar-refractivity contribution in [2.24, 2.45) is 0 Å². The van der Waals surface area contributed by atoms with Crippen LogP contribution in [0.5, 0.6) is 0 Å². The maximum atomic E-state index is 11.3. The van der Waals surface area contributed by atoms with Crippen LogP contribution < -0.4 is 0 Å². The SMILES string of the molecule is CCn1cc(Br)c(C=CC(=O)N(C)C)n1. The van der Waals surface area contributed by atoms with Gasteiger partial charge in [0.15, 0.2) is 0 Å². The number of aryl methyl sites for hydroxylation is 1. The minimum absolute atomic E-state index is 0.0482. The van der Waals surface area contributed by atoms with Crippen molar-refractivity contribution < 1.29 is 4.79 Å². The Hall–Kier alpha value is -1.10. The van der Waals surface area contributed by atoms with Crippen LogP contribution in [0.4, 0.5) is 0 Å². The Morgan fingerprint density at radius 2 is 2.33 bits per heavy atom. The molecule has 0 aliphatic heterocycles. The first kappa shape index (κ1) is 12.0. The lowest BCUT2D eigenvalue weighted by Gasteiger charge is -2.04. The molecule has 0 aromatic carbocycles. The lowest BCUT2D eigenvalue weighted by Crippen LogP contribution is -2.18. The van der Waals surface area contributed by atoms with E-state index < -0.39 is 0 Å². The van der Waals surface area contributed by atoms with Gasteiger partial charge in [-0.3, -0.25) is 9.48 Å². The lowest BCUT2D eigenvalue weighted by atomic mass is 10.3.